The van der Waals surface area contributed by atoms with Crippen LogP contribution < -0.4 is 5.32 Å². The van der Waals surface area contributed by atoms with Crippen molar-refractivity contribution >= 4 is 21.5 Å². The number of quaternary nitrogens is 1. The summed E-state index contributed by atoms with van der Waals surface area (Å²) < 4.78 is 0. The van der Waals surface area contributed by atoms with Gasteiger partial charge in [-0.15, -0.1) is 0 Å². The second-order valence-corrected chi connectivity index (χ2v) is 6.02. The lowest BCUT2D eigenvalue weighted by Crippen LogP contribution is -2.80. The molecule has 4 aromatic rings. The van der Waals surface area contributed by atoms with Gasteiger partial charge in [-0.3, -0.25) is 0 Å². The zero-order valence-electron chi connectivity index (χ0n) is 13.1. The van der Waals surface area contributed by atoms with Crippen molar-refractivity contribution in [1.29, 1.82) is 0 Å². The number of hydrogen-bond donors (Lipinski definition) is 1. The van der Waals surface area contributed by atoms with Gasteiger partial charge in [0.05, 0.1) is 0 Å². The van der Waals surface area contributed by atoms with Crippen LogP contribution in [0.25, 0.3) is 21.5 Å². The normalized spacial score (nSPS) is 11.1. The van der Waals surface area contributed by atoms with Crippen molar-refractivity contribution in [3.05, 3.63) is 96.1 Å². The number of fused-ring (bicyclic) bond motifs is 2. The molecule has 0 radical (unpaired) electrons. The highest BCUT2D eigenvalue weighted by Gasteiger charge is 2.03. The van der Waals surface area contributed by atoms with E-state index in [4.69, 9.17) is 0 Å². The molecule has 0 atom stereocenters. The molecule has 1 heteroatoms. The van der Waals surface area contributed by atoms with E-state index in [-0.39, 0.29) is 0 Å². The molecule has 4 rings (SSSR count). The van der Waals surface area contributed by atoms with E-state index in [0.717, 1.165) is 13.1 Å². The Balaban J connectivity index is 1.50. The third kappa shape index (κ3) is 2.96. The van der Waals surface area contributed by atoms with Gasteiger partial charge in [-0.2, -0.15) is 0 Å². The lowest BCUT2D eigenvalue weighted by Gasteiger charge is -2.07. The smallest absolute Gasteiger partial charge is 0.102 e. The highest BCUT2D eigenvalue weighted by molar-refractivity contribution is 5.85. The van der Waals surface area contributed by atoms with Gasteiger partial charge in [-0.05, 0) is 27.6 Å². The molecule has 0 fully saturated rings. The molecule has 0 heterocycles. The van der Waals surface area contributed by atoms with E-state index < -0.39 is 0 Å². The quantitative estimate of drug-likeness (QED) is 0.580. The first-order valence-corrected chi connectivity index (χ1v) is 8.16. The molecule has 1 nitrogen and oxygen atoms in total. The van der Waals surface area contributed by atoms with Gasteiger partial charge in [-0.1, -0.05) is 78.9 Å². The van der Waals surface area contributed by atoms with Crippen LogP contribution in [0.4, 0.5) is 0 Å². The Labute approximate surface area is 136 Å². The van der Waals surface area contributed by atoms with Crippen molar-refractivity contribution in [2.24, 2.45) is 0 Å². The SMILES string of the molecule is c1ccc2cc(C[NH2+]Cc3cccc4ccccc34)ccc2c1. The first-order chi connectivity index (χ1) is 11.4. The zero-order valence-corrected chi connectivity index (χ0v) is 13.1. The van der Waals surface area contributed by atoms with Crippen LogP contribution in [-0.4, -0.2) is 0 Å². The van der Waals surface area contributed by atoms with Crippen LogP contribution >= 0.6 is 0 Å². The second kappa shape index (κ2) is 6.23. The molecule has 4 aromatic carbocycles. The van der Waals surface area contributed by atoms with Crippen LogP contribution in [0, 0.1) is 0 Å². The maximum atomic E-state index is 2.38. The molecule has 0 aromatic heterocycles. The van der Waals surface area contributed by atoms with E-state index >= 15 is 0 Å². The Morgan fingerprint density at radius 1 is 0.565 bits per heavy atom. The Bertz CT molecular complexity index is 951. The molecular formula is C22H20N+. The molecular weight excluding hydrogens is 278 g/mol. The molecule has 0 saturated heterocycles. The van der Waals surface area contributed by atoms with Crippen LogP contribution in [0.2, 0.25) is 0 Å². The zero-order chi connectivity index (χ0) is 15.5. The van der Waals surface area contributed by atoms with Gasteiger partial charge in [0.2, 0.25) is 0 Å². The van der Waals surface area contributed by atoms with Crippen LogP contribution in [0.5, 0.6) is 0 Å². The third-order valence-electron chi connectivity index (χ3n) is 4.44. The summed E-state index contributed by atoms with van der Waals surface area (Å²) in [5, 5.41) is 7.70. The molecule has 0 bridgehead atoms. The Kier molecular flexibility index (Phi) is 3.79. The number of rotatable bonds is 4. The van der Waals surface area contributed by atoms with Crippen molar-refractivity contribution in [1.82, 2.24) is 0 Å². The largest absolute Gasteiger partial charge is 0.339 e. The molecule has 0 saturated carbocycles. The Hall–Kier alpha value is -2.64. The van der Waals surface area contributed by atoms with Crippen molar-refractivity contribution in [3.8, 4) is 0 Å². The first-order valence-electron chi connectivity index (χ1n) is 8.16. The highest BCUT2D eigenvalue weighted by atomic mass is 14.8. The summed E-state index contributed by atoms with van der Waals surface area (Å²) in [7, 11) is 0. The molecule has 0 unspecified atom stereocenters. The fourth-order valence-corrected chi connectivity index (χ4v) is 3.23. The van der Waals surface area contributed by atoms with E-state index in [1.165, 1.54) is 32.7 Å². The topological polar surface area (TPSA) is 16.6 Å². The average Bonchev–Trinajstić information content (AvgIpc) is 2.62. The first kappa shape index (κ1) is 14.0. The maximum Gasteiger partial charge on any atom is 0.102 e. The maximum absolute atomic E-state index is 2.38. The van der Waals surface area contributed by atoms with Crippen molar-refractivity contribution in [3.63, 3.8) is 0 Å². The van der Waals surface area contributed by atoms with Crippen LogP contribution in [0.3, 0.4) is 0 Å². The summed E-state index contributed by atoms with van der Waals surface area (Å²) in [6, 6.07) is 30.5. The number of hydrogen-bond acceptors (Lipinski definition) is 0. The van der Waals surface area contributed by atoms with Gasteiger partial charge in [0.15, 0.2) is 0 Å². The average molecular weight is 298 g/mol. The summed E-state index contributed by atoms with van der Waals surface area (Å²) in [5.74, 6) is 0. The molecule has 23 heavy (non-hydrogen) atoms. The van der Waals surface area contributed by atoms with Crippen LogP contribution in [0.15, 0.2) is 84.9 Å². The lowest BCUT2D eigenvalue weighted by atomic mass is 10.0. The summed E-state index contributed by atoms with van der Waals surface area (Å²) in [6.07, 6.45) is 0. The van der Waals surface area contributed by atoms with Crippen molar-refractivity contribution in [2.45, 2.75) is 13.1 Å². The highest BCUT2D eigenvalue weighted by Crippen LogP contribution is 2.18. The van der Waals surface area contributed by atoms with Gasteiger partial charge in [0.1, 0.15) is 13.1 Å². The summed E-state index contributed by atoms with van der Waals surface area (Å²) >= 11 is 0. The fraction of sp³-hybridized carbons (Fsp3) is 0.0909. The van der Waals surface area contributed by atoms with Gasteiger partial charge in [0.25, 0.3) is 0 Å². The third-order valence-corrected chi connectivity index (χ3v) is 4.44. The molecule has 112 valence electrons. The van der Waals surface area contributed by atoms with Crippen molar-refractivity contribution < 1.29 is 5.32 Å². The summed E-state index contributed by atoms with van der Waals surface area (Å²) in [5.41, 5.74) is 2.79. The summed E-state index contributed by atoms with van der Waals surface area (Å²) in [4.78, 5) is 0. The molecule has 0 aliphatic rings. The van der Waals surface area contributed by atoms with Gasteiger partial charge in [0, 0.05) is 11.1 Å². The number of benzene rings is 4. The van der Waals surface area contributed by atoms with Crippen LogP contribution in [-0.2, 0) is 13.1 Å². The number of nitrogens with two attached hydrogens (primary N) is 1. The molecule has 2 N–H and O–H groups in total. The molecule has 0 amide bonds. The van der Waals surface area contributed by atoms with E-state index in [1.54, 1.807) is 0 Å². The lowest BCUT2D eigenvalue weighted by molar-refractivity contribution is -0.686. The minimum absolute atomic E-state index is 1.01. The Morgan fingerprint density at radius 3 is 2.22 bits per heavy atom. The second-order valence-electron chi connectivity index (χ2n) is 6.02. The van der Waals surface area contributed by atoms with Gasteiger partial charge in [-0.25, -0.2) is 0 Å². The van der Waals surface area contributed by atoms with Gasteiger partial charge >= 0.3 is 0 Å². The summed E-state index contributed by atoms with van der Waals surface area (Å²) in [6.45, 7) is 2.02. The van der Waals surface area contributed by atoms with E-state index in [2.05, 4.69) is 90.2 Å². The molecule has 0 spiro atoms. The minimum Gasteiger partial charge on any atom is -0.339 e. The van der Waals surface area contributed by atoms with Crippen LogP contribution in [0.1, 0.15) is 11.1 Å². The Morgan fingerprint density at radius 2 is 1.30 bits per heavy atom. The molecule has 0 aliphatic heterocycles. The standard InChI is InChI=1S/C22H19N/c1-2-8-20-14-17(12-13-18(20)6-1)15-23-16-21-10-5-9-19-7-3-4-11-22(19)21/h1-14,23H,15-16H2/p+1. The van der Waals surface area contributed by atoms with Gasteiger partial charge < -0.3 is 5.32 Å². The minimum atomic E-state index is 1.01. The van der Waals surface area contributed by atoms with Crippen molar-refractivity contribution in [2.75, 3.05) is 0 Å². The predicted octanol–water partition coefficient (Wildman–Crippen LogP) is 4.26. The monoisotopic (exact) mass is 298 g/mol. The fourth-order valence-electron chi connectivity index (χ4n) is 3.23. The molecule has 0 aliphatic carbocycles. The van der Waals surface area contributed by atoms with E-state index in [0.29, 0.717) is 0 Å². The predicted molar refractivity (Wildman–Crippen MR) is 97.2 cm³/mol. The van der Waals surface area contributed by atoms with E-state index in [1.807, 2.05) is 0 Å². The van der Waals surface area contributed by atoms with E-state index in [9.17, 15) is 0 Å².